The standard InChI is InChI=1S/C30H31FN4/c1-2-34-20-9-13-26(34)22-28-33-29(24-15-17-25(31)18-16-24)30(27-14-6-7-19-32-27)35(28)21-8-12-23-10-4-3-5-11-23/h3-7,10-11,14-19,22H,2,8-9,12-13,20-21H2,1H3. The molecule has 2 aromatic carbocycles. The number of halogens is 1. The number of benzene rings is 2. The third kappa shape index (κ3) is 5.19. The molecule has 1 fully saturated rings. The Morgan fingerprint density at radius 3 is 2.51 bits per heavy atom. The van der Waals surface area contributed by atoms with Crippen molar-refractivity contribution in [3.8, 4) is 22.6 Å². The van der Waals surface area contributed by atoms with E-state index in [9.17, 15) is 4.39 Å². The van der Waals surface area contributed by atoms with Gasteiger partial charge in [-0.15, -0.1) is 0 Å². The van der Waals surface area contributed by atoms with Gasteiger partial charge in [0.25, 0.3) is 0 Å². The van der Waals surface area contributed by atoms with Crippen LogP contribution in [0.4, 0.5) is 4.39 Å². The Labute approximate surface area is 206 Å². The summed E-state index contributed by atoms with van der Waals surface area (Å²) in [5.41, 5.74) is 6.27. The number of allylic oxidation sites excluding steroid dienone is 1. The van der Waals surface area contributed by atoms with Gasteiger partial charge in [-0.05, 0) is 74.6 Å². The molecule has 0 amide bonds. The molecule has 0 atom stereocenters. The third-order valence-electron chi connectivity index (χ3n) is 6.66. The SMILES string of the molecule is CCN1CCCC1=Cc1nc(-c2ccc(F)cc2)c(-c2ccccn2)n1CCCc1ccccc1. The lowest BCUT2D eigenvalue weighted by atomic mass is 10.1. The number of hydrogen-bond donors (Lipinski definition) is 0. The van der Waals surface area contributed by atoms with Crippen molar-refractivity contribution >= 4 is 6.08 Å². The van der Waals surface area contributed by atoms with Crippen LogP contribution >= 0.6 is 0 Å². The molecule has 4 nitrogen and oxygen atoms in total. The zero-order valence-electron chi connectivity index (χ0n) is 20.2. The van der Waals surface area contributed by atoms with Gasteiger partial charge in [-0.3, -0.25) is 4.98 Å². The molecule has 1 aliphatic heterocycles. The van der Waals surface area contributed by atoms with Crippen molar-refractivity contribution in [2.24, 2.45) is 0 Å². The highest BCUT2D eigenvalue weighted by Gasteiger charge is 2.22. The summed E-state index contributed by atoms with van der Waals surface area (Å²) in [4.78, 5) is 12.3. The summed E-state index contributed by atoms with van der Waals surface area (Å²) < 4.78 is 16.0. The normalized spacial score (nSPS) is 14.7. The Bertz CT molecular complexity index is 1280. The number of imidazole rings is 1. The van der Waals surface area contributed by atoms with Crippen molar-refractivity contribution in [3.63, 3.8) is 0 Å². The van der Waals surface area contributed by atoms with Crippen molar-refractivity contribution in [1.82, 2.24) is 19.4 Å². The monoisotopic (exact) mass is 466 g/mol. The topological polar surface area (TPSA) is 34.0 Å². The molecule has 35 heavy (non-hydrogen) atoms. The number of aryl methyl sites for hydroxylation is 1. The fourth-order valence-corrected chi connectivity index (χ4v) is 4.89. The minimum absolute atomic E-state index is 0.248. The molecule has 0 N–H and O–H groups in total. The molecule has 3 heterocycles. The molecule has 2 aromatic heterocycles. The van der Waals surface area contributed by atoms with E-state index in [-0.39, 0.29) is 5.82 Å². The number of aromatic nitrogens is 3. The van der Waals surface area contributed by atoms with Crippen LogP contribution in [-0.4, -0.2) is 32.5 Å². The summed E-state index contributed by atoms with van der Waals surface area (Å²) >= 11 is 0. The minimum Gasteiger partial charge on any atom is -0.375 e. The number of pyridine rings is 1. The Morgan fingerprint density at radius 1 is 0.971 bits per heavy atom. The van der Waals surface area contributed by atoms with E-state index in [0.717, 1.165) is 67.4 Å². The summed E-state index contributed by atoms with van der Waals surface area (Å²) in [5.74, 6) is 0.690. The van der Waals surface area contributed by atoms with E-state index in [4.69, 9.17) is 4.98 Å². The van der Waals surface area contributed by atoms with E-state index in [1.807, 2.05) is 36.5 Å². The Kier molecular flexibility index (Phi) is 7.03. The summed E-state index contributed by atoms with van der Waals surface area (Å²) in [6, 6.07) is 23.2. The van der Waals surface area contributed by atoms with Gasteiger partial charge in [0.2, 0.25) is 0 Å². The molecular weight excluding hydrogens is 435 g/mol. The first-order chi connectivity index (χ1) is 17.2. The zero-order chi connectivity index (χ0) is 24.0. The van der Waals surface area contributed by atoms with Crippen molar-refractivity contribution in [2.45, 2.75) is 39.2 Å². The number of hydrogen-bond acceptors (Lipinski definition) is 3. The average molecular weight is 467 g/mol. The highest BCUT2D eigenvalue weighted by atomic mass is 19.1. The van der Waals surface area contributed by atoms with Gasteiger partial charge < -0.3 is 9.47 Å². The van der Waals surface area contributed by atoms with E-state index in [0.29, 0.717) is 0 Å². The number of rotatable bonds is 8. The van der Waals surface area contributed by atoms with Gasteiger partial charge >= 0.3 is 0 Å². The number of likely N-dealkylation sites (tertiary alicyclic amines) is 1. The maximum Gasteiger partial charge on any atom is 0.135 e. The first kappa shape index (κ1) is 23.0. The van der Waals surface area contributed by atoms with Crippen LogP contribution in [0.15, 0.2) is 84.7 Å². The molecule has 5 heteroatoms. The van der Waals surface area contributed by atoms with Crippen molar-refractivity contribution in [3.05, 3.63) is 102 Å². The second-order valence-electron chi connectivity index (χ2n) is 8.95. The van der Waals surface area contributed by atoms with Crippen LogP contribution < -0.4 is 0 Å². The maximum absolute atomic E-state index is 13.7. The van der Waals surface area contributed by atoms with Crippen LogP contribution in [0.5, 0.6) is 0 Å². The Morgan fingerprint density at radius 2 is 1.77 bits per heavy atom. The molecule has 5 rings (SSSR count). The molecule has 178 valence electrons. The van der Waals surface area contributed by atoms with Gasteiger partial charge in [-0.2, -0.15) is 0 Å². The quantitative estimate of drug-likeness (QED) is 0.285. The molecule has 1 aliphatic rings. The van der Waals surface area contributed by atoms with Gasteiger partial charge in [-0.1, -0.05) is 36.4 Å². The summed E-state index contributed by atoms with van der Waals surface area (Å²) in [6.07, 6.45) is 8.28. The lowest BCUT2D eigenvalue weighted by Crippen LogP contribution is -2.16. The van der Waals surface area contributed by atoms with Gasteiger partial charge in [0.05, 0.1) is 17.1 Å². The molecule has 0 spiro atoms. The molecular formula is C30H31FN4. The van der Waals surface area contributed by atoms with Gasteiger partial charge in [0.15, 0.2) is 0 Å². The fraction of sp³-hybridized carbons (Fsp3) is 0.267. The third-order valence-corrected chi connectivity index (χ3v) is 6.66. The Balaban J connectivity index is 1.61. The minimum atomic E-state index is -0.248. The zero-order valence-corrected chi connectivity index (χ0v) is 20.2. The van der Waals surface area contributed by atoms with E-state index in [2.05, 4.69) is 57.8 Å². The fourth-order valence-electron chi connectivity index (χ4n) is 4.89. The van der Waals surface area contributed by atoms with Crippen molar-refractivity contribution in [2.75, 3.05) is 13.1 Å². The van der Waals surface area contributed by atoms with Crippen LogP contribution in [-0.2, 0) is 13.0 Å². The largest absolute Gasteiger partial charge is 0.375 e. The van der Waals surface area contributed by atoms with Gasteiger partial charge in [0, 0.05) is 43.2 Å². The second-order valence-corrected chi connectivity index (χ2v) is 8.95. The van der Waals surface area contributed by atoms with Gasteiger partial charge in [0.1, 0.15) is 11.6 Å². The van der Waals surface area contributed by atoms with E-state index in [1.54, 1.807) is 0 Å². The molecule has 0 radical (unpaired) electrons. The predicted octanol–water partition coefficient (Wildman–Crippen LogP) is 6.84. The Hall–Kier alpha value is -3.73. The molecule has 4 aromatic rings. The van der Waals surface area contributed by atoms with Crippen LogP contribution in [0.25, 0.3) is 28.7 Å². The highest BCUT2D eigenvalue weighted by molar-refractivity contribution is 5.78. The molecule has 0 bridgehead atoms. The van der Waals surface area contributed by atoms with Gasteiger partial charge in [-0.25, -0.2) is 9.37 Å². The predicted molar refractivity (Wildman–Crippen MR) is 140 cm³/mol. The number of nitrogens with zero attached hydrogens (tertiary/aromatic N) is 4. The van der Waals surface area contributed by atoms with Crippen molar-refractivity contribution < 1.29 is 4.39 Å². The first-order valence-corrected chi connectivity index (χ1v) is 12.5. The smallest absolute Gasteiger partial charge is 0.135 e. The second kappa shape index (κ2) is 10.7. The molecule has 0 saturated carbocycles. The van der Waals surface area contributed by atoms with Crippen LogP contribution in [0.3, 0.4) is 0 Å². The first-order valence-electron chi connectivity index (χ1n) is 12.5. The molecule has 1 saturated heterocycles. The van der Waals surface area contributed by atoms with E-state index < -0.39 is 0 Å². The molecule has 0 unspecified atom stereocenters. The van der Waals surface area contributed by atoms with E-state index in [1.165, 1.54) is 29.8 Å². The maximum atomic E-state index is 13.7. The summed E-state index contributed by atoms with van der Waals surface area (Å²) in [5, 5.41) is 0. The van der Waals surface area contributed by atoms with E-state index >= 15 is 0 Å². The van der Waals surface area contributed by atoms with Crippen molar-refractivity contribution in [1.29, 1.82) is 0 Å². The van der Waals surface area contributed by atoms with Crippen LogP contribution in [0, 0.1) is 5.82 Å². The highest BCUT2D eigenvalue weighted by Crippen LogP contribution is 2.34. The van der Waals surface area contributed by atoms with Crippen LogP contribution in [0.2, 0.25) is 0 Å². The molecule has 0 aliphatic carbocycles. The summed E-state index contributed by atoms with van der Waals surface area (Å²) in [7, 11) is 0. The lowest BCUT2D eigenvalue weighted by Gasteiger charge is -2.17. The summed E-state index contributed by atoms with van der Waals surface area (Å²) in [6.45, 7) is 5.11. The van der Waals surface area contributed by atoms with Crippen LogP contribution in [0.1, 0.15) is 37.6 Å². The average Bonchev–Trinajstić information content (AvgIpc) is 3.50. The lowest BCUT2D eigenvalue weighted by molar-refractivity contribution is 0.418.